The van der Waals surface area contributed by atoms with E-state index in [-0.39, 0.29) is 37.1 Å². The maximum atomic E-state index is 13.5. The van der Waals surface area contributed by atoms with E-state index in [0.717, 1.165) is 5.69 Å². The van der Waals surface area contributed by atoms with Crippen molar-refractivity contribution in [3.63, 3.8) is 0 Å². The van der Waals surface area contributed by atoms with Crippen LogP contribution in [0.15, 0.2) is 82.9 Å². The zero-order valence-electron chi connectivity index (χ0n) is 18.7. The summed E-state index contributed by atoms with van der Waals surface area (Å²) in [6.07, 6.45) is 4.00. The Bertz CT molecular complexity index is 1260. The average Bonchev–Trinajstić information content (AvgIpc) is 2.84. The van der Waals surface area contributed by atoms with Crippen molar-refractivity contribution in [2.24, 2.45) is 10.7 Å². The van der Waals surface area contributed by atoms with Crippen LogP contribution in [0.1, 0.15) is 18.5 Å². The molecule has 7 nitrogen and oxygen atoms in total. The third-order valence-corrected chi connectivity index (χ3v) is 5.58. The van der Waals surface area contributed by atoms with Crippen molar-refractivity contribution in [3.8, 4) is 11.4 Å². The first-order chi connectivity index (χ1) is 16.4. The van der Waals surface area contributed by atoms with Crippen molar-refractivity contribution >= 4 is 17.1 Å². The number of allylic oxidation sites excluding steroid dienone is 1. The van der Waals surface area contributed by atoms with Crippen molar-refractivity contribution in [2.75, 3.05) is 25.1 Å². The Labute approximate surface area is 195 Å². The minimum absolute atomic E-state index is 0.123. The molecule has 1 aliphatic heterocycles. The molecule has 3 aromatic rings. The Morgan fingerprint density at radius 2 is 1.88 bits per heavy atom. The van der Waals surface area contributed by atoms with Gasteiger partial charge in [0.25, 0.3) is 5.92 Å². The lowest BCUT2D eigenvalue weighted by Crippen LogP contribution is -2.39. The Balaban J connectivity index is 1.71. The molecule has 4 rings (SSSR count). The van der Waals surface area contributed by atoms with E-state index in [0.29, 0.717) is 22.8 Å². The smallest absolute Gasteiger partial charge is 0.251 e. The van der Waals surface area contributed by atoms with Gasteiger partial charge in [0.1, 0.15) is 11.4 Å². The minimum Gasteiger partial charge on any atom is -0.494 e. The number of benzene rings is 2. The number of halogens is 2. The molecule has 0 amide bonds. The van der Waals surface area contributed by atoms with E-state index >= 15 is 0 Å². The summed E-state index contributed by atoms with van der Waals surface area (Å²) in [6.45, 7) is 0.529. The normalized spacial score (nSPS) is 16.1. The summed E-state index contributed by atoms with van der Waals surface area (Å²) >= 11 is 0. The number of rotatable bonds is 6. The molecule has 2 N–H and O–H groups in total. The van der Waals surface area contributed by atoms with E-state index < -0.39 is 5.92 Å². The number of para-hydroxylation sites is 1. The summed E-state index contributed by atoms with van der Waals surface area (Å²) in [5.41, 5.74) is 7.76. The molecule has 1 aliphatic rings. The van der Waals surface area contributed by atoms with Crippen LogP contribution in [-0.2, 0) is 0 Å². The number of methoxy groups -OCH3 is 1. The van der Waals surface area contributed by atoms with Crippen molar-refractivity contribution in [3.05, 3.63) is 89.0 Å². The molecule has 1 aromatic heterocycles. The second-order valence-corrected chi connectivity index (χ2v) is 7.86. The topological polar surface area (TPSA) is 85.7 Å². The molecule has 0 saturated carbocycles. The number of nitrogens with zero attached hydrogens (tertiary/aromatic N) is 4. The van der Waals surface area contributed by atoms with Gasteiger partial charge in [0, 0.05) is 49.9 Å². The van der Waals surface area contributed by atoms with Gasteiger partial charge in [-0.2, -0.15) is 5.10 Å². The summed E-state index contributed by atoms with van der Waals surface area (Å²) in [7, 11) is 1.52. The van der Waals surface area contributed by atoms with Crippen LogP contribution in [0.4, 0.5) is 20.2 Å². The number of aliphatic imine (C=N–C) groups is 1. The number of ether oxygens (including phenoxy) is 1. The van der Waals surface area contributed by atoms with E-state index in [2.05, 4.69) is 10.1 Å². The van der Waals surface area contributed by atoms with Crippen LogP contribution in [0.2, 0.25) is 0 Å². The quantitative estimate of drug-likeness (QED) is 0.555. The van der Waals surface area contributed by atoms with Gasteiger partial charge >= 0.3 is 0 Å². The number of anilines is 1. The monoisotopic (exact) mass is 465 g/mol. The first-order valence-electron chi connectivity index (χ1n) is 10.8. The molecule has 0 radical (unpaired) electrons. The van der Waals surface area contributed by atoms with Crippen LogP contribution < -0.4 is 20.8 Å². The van der Waals surface area contributed by atoms with Gasteiger partial charge < -0.3 is 15.4 Å². The van der Waals surface area contributed by atoms with Gasteiger partial charge in [-0.15, -0.1) is 0 Å². The molecule has 0 bridgehead atoms. The summed E-state index contributed by atoms with van der Waals surface area (Å²) in [5.74, 6) is -2.12. The highest BCUT2D eigenvalue weighted by Gasteiger charge is 2.34. The molecule has 176 valence electrons. The molecule has 1 fully saturated rings. The fourth-order valence-corrected chi connectivity index (χ4v) is 3.77. The maximum absolute atomic E-state index is 13.5. The third-order valence-electron chi connectivity index (χ3n) is 5.58. The van der Waals surface area contributed by atoms with Crippen molar-refractivity contribution < 1.29 is 13.5 Å². The Morgan fingerprint density at radius 1 is 1.15 bits per heavy atom. The molecule has 2 aromatic carbocycles. The Morgan fingerprint density at radius 3 is 2.56 bits per heavy atom. The molecule has 0 atom stereocenters. The number of alkyl halides is 2. The van der Waals surface area contributed by atoms with Gasteiger partial charge in [0.15, 0.2) is 5.69 Å². The average molecular weight is 466 g/mol. The molecule has 0 unspecified atom stereocenters. The number of aromatic nitrogens is 2. The zero-order valence-corrected chi connectivity index (χ0v) is 18.7. The predicted molar refractivity (Wildman–Crippen MR) is 129 cm³/mol. The van der Waals surface area contributed by atoms with E-state index in [4.69, 9.17) is 10.5 Å². The largest absolute Gasteiger partial charge is 0.494 e. The van der Waals surface area contributed by atoms with E-state index in [1.54, 1.807) is 12.1 Å². The van der Waals surface area contributed by atoms with Gasteiger partial charge in [-0.05, 0) is 36.5 Å². The second kappa shape index (κ2) is 9.86. The van der Waals surface area contributed by atoms with Gasteiger partial charge in [0.05, 0.1) is 18.5 Å². The molecule has 0 aliphatic carbocycles. The number of hydrogen-bond acceptors (Lipinski definition) is 6. The van der Waals surface area contributed by atoms with E-state index in [1.165, 1.54) is 36.3 Å². The van der Waals surface area contributed by atoms with Crippen LogP contribution in [-0.4, -0.2) is 41.6 Å². The SMILES string of the molecule is COc1cc(N2CCC(F)(F)CC2)ccc1-n1ccc(=O)c(C(C=CN)=Nc2ccccc2)n1. The zero-order chi connectivity index (χ0) is 24.1. The Kier molecular flexibility index (Phi) is 6.72. The molecular formula is C25H25F2N5O2. The molecule has 9 heteroatoms. The molecular weight excluding hydrogens is 440 g/mol. The summed E-state index contributed by atoms with van der Waals surface area (Å²) in [4.78, 5) is 19.1. The minimum atomic E-state index is -2.62. The summed E-state index contributed by atoms with van der Waals surface area (Å²) in [5, 5.41) is 4.50. The number of piperidine rings is 1. The first-order valence-corrected chi connectivity index (χ1v) is 10.8. The van der Waals surface area contributed by atoms with Crippen LogP contribution in [0.5, 0.6) is 5.75 Å². The standard InChI is InChI=1S/C25H25F2N5O2/c1-34-23-17-19(31-15-11-25(26,27)12-16-31)7-8-21(23)32-14-10-22(33)24(30-32)20(9-13-28)29-18-5-3-2-4-6-18/h2-10,13-14,17H,11-12,15-16,28H2,1H3. The van der Waals surface area contributed by atoms with Crippen molar-refractivity contribution in [1.29, 1.82) is 0 Å². The van der Waals surface area contributed by atoms with Crippen molar-refractivity contribution in [1.82, 2.24) is 9.78 Å². The lowest BCUT2D eigenvalue weighted by Gasteiger charge is -2.33. The molecule has 0 spiro atoms. The lowest BCUT2D eigenvalue weighted by atomic mass is 10.1. The highest BCUT2D eigenvalue weighted by Crippen LogP contribution is 2.33. The van der Waals surface area contributed by atoms with Gasteiger partial charge in [-0.25, -0.2) is 18.5 Å². The predicted octanol–water partition coefficient (Wildman–Crippen LogP) is 4.07. The second-order valence-electron chi connectivity index (χ2n) is 7.86. The van der Waals surface area contributed by atoms with E-state index in [9.17, 15) is 13.6 Å². The Hall–Kier alpha value is -4.01. The fourth-order valence-electron chi connectivity index (χ4n) is 3.77. The van der Waals surface area contributed by atoms with Gasteiger partial charge in [-0.3, -0.25) is 4.79 Å². The van der Waals surface area contributed by atoms with Crippen LogP contribution in [0.25, 0.3) is 5.69 Å². The first kappa shape index (κ1) is 23.2. The number of nitrogens with two attached hydrogens (primary N) is 1. The third kappa shape index (κ3) is 5.14. The molecule has 34 heavy (non-hydrogen) atoms. The highest BCUT2D eigenvalue weighted by molar-refractivity contribution is 6.08. The lowest BCUT2D eigenvalue weighted by molar-refractivity contribution is -0.0220. The summed E-state index contributed by atoms with van der Waals surface area (Å²) in [6, 6.07) is 16.0. The van der Waals surface area contributed by atoms with Gasteiger partial charge in [0.2, 0.25) is 5.43 Å². The fraction of sp³-hybridized carbons (Fsp3) is 0.240. The van der Waals surface area contributed by atoms with Gasteiger partial charge in [-0.1, -0.05) is 18.2 Å². The van der Waals surface area contributed by atoms with E-state index in [1.807, 2.05) is 41.3 Å². The molecule has 1 saturated heterocycles. The van der Waals surface area contributed by atoms with Crippen molar-refractivity contribution in [2.45, 2.75) is 18.8 Å². The molecule has 2 heterocycles. The van der Waals surface area contributed by atoms with Crippen LogP contribution in [0.3, 0.4) is 0 Å². The number of hydrogen-bond donors (Lipinski definition) is 1. The highest BCUT2D eigenvalue weighted by atomic mass is 19.3. The van der Waals surface area contributed by atoms with Crippen LogP contribution >= 0.6 is 0 Å². The summed E-state index contributed by atoms with van der Waals surface area (Å²) < 4.78 is 34.2. The maximum Gasteiger partial charge on any atom is 0.251 e. The van der Waals surface area contributed by atoms with Crippen LogP contribution in [0, 0.1) is 0 Å².